The van der Waals surface area contributed by atoms with Crippen molar-refractivity contribution in [1.29, 1.82) is 0 Å². The molecule has 6 aliphatic rings. The molecule has 294 valence electrons. The highest BCUT2D eigenvalue weighted by Crippen LogP contribution is 2.47. The zero-order chi connectivity index (χ0) is 38.4. The molecule has 3 saturated heterocycles. The van der Waals surface area contributed by atoms with Gasteiger partial charge >= 0.3 is 12.0 Å². The van der Waals surface area contributed by atoms with E-state index in [0.29, 0.717) is 42.7 Å². The largest absolute Gasteiger partial charge is 0.462 e. The summed E-state index contributed by atoms with van der Waals surface area (Å²) in [4.78, 5) is 26.1. The third-order valence-corrected chi connectivity index (χ3v) is 12.7. The Balaban J connectivity index is 1.21. The molecule has 12 atom stereocenters. The summed E-state index contributed by atoms with van der Waals surface area (Å²) in [5.41, 5.74) is 3.48. The van der Waals surface area contributed by atoms with Crippen molar-refractivity contribution in [1.82, 2.24) is 5.32 Å². The highest BCUT2D eigenvalue weighted by molar-refractivity contribution is 5.89. The monoisotopic (exact) mass is 746 g/mol. The Labute approximate surface area is 319 Å². The number of aliphatic hydroxyl groups is 2. The molecule has 2 bridgehead atoms. The fourth-order valence-corrected chi connectivity index (χ4v) is 9.55. The van der Waals surface area contributed by atoms with Crippen LogP contribution >= 0.6 is 0 Å². The summed E-state index contributed by atoms with van der Waals surface area (Å²) in [5.74, 6) is -2.14. The minimum atomic E-state index is -1.78. The molecule has 7 rings (SSSR count). The molecule has 1 aromatic rings. The number of ether oxygens (including phenoxy) is 5. The first-order chi connectivity index (χ1) is 25.8. The predicted molar refractivity (Wildman–Crippen MR) is 204 cm³/mol. The maximum Gasteiger partial charge on any atom is 0.318 e. The lowest BCUT2D eigenvalue weighted by molar-refractivity contribution is -0.335. The lowest BCUT2D eigenvalue weighted by atomic mass is 9.71. The second-order valence-corrected chi connectivity index (χ2v) is 16.5. The van der Waals surface area contributed by atoms with Gasteiger partial charge in [-0.2, -0.15) is 0 Å². The fourth-order valence-electron chi connectivity index (χ4n) is 9.55. The molecule has 1 aromatic carbocycles. The molecule has 1 spiro atoms. The van der Waals surface area contributed by atoms with Crippen LogP contribution in [-0.2, 0) is 41.3 Å². The third-order valence-electron chi connectivity index (χ3n) is 12.7. The van der Waals surface area contributed by atoms with Crippen LogP contribution < -0.4 is 10.6 Å². The minimum Gasteiger partial charge on any atom is -0.462 e. The van der Waals surface area contributed by atoms with Gasteiger partial charge in [0.25, 0.3) is 0 Å². The number of carbonyl (C=O) groups excluding carboxylic acids is 2. The average molecular weight is 747 g/mol. The minimum absolute atomic E-state index is 0.0378. The van der Waals surface area contributed by atoms with E-state index in [1.54, 1.807) is 20.0 Å². The Morgan fingerprint density at radius 1 is 1.09 bits per heavy atom. The Hall–Kier alpha value is -3.32. The number of nitrogens with one attached hydrogen (secondary N) is 2. The normalized spacial score (nSPS) is 42.0. The number of amides is 2. The molecule has 2 amide bonds. The van der Waals surface area contributed by atoms with Crippen molar-refractivity contribution in [3.63, 3.8) is 0 Å². The van der Waals surface area contributed by atoms with Crippen LogP contribution in [0.2, 0.25) is 0 Å². The van der Waals surface area contributed by atoms with Gasteiger partial charge in [-0.1, -0.05) is 57.2 Å². The van der Waals surface area contributed by atoms with Gasteiger partial charge < -0.3 is 44.5 Å². The van der Waals surface area contributed by atoms with E-state index in [-0.39, 0.29) is 43.0 Å². The van der Waals surface area contributed by atoms with Crippen molar-refractivity contribution in [2.45, 2.75) is 140 Å². The van der Waals surface area contributed by atoms with Crippen molar-refractivity contribution in [3.8, 4) is 0 Å². The Morgan fingerprint density at radius 3 is 2.67 bits per heavy atom. The van der Waals surface area contributed by atoms with E-state index < -0.39 is 41.6 Å². The molecule has 54 heavy (non-hydrogen) atoms. The summed E-state index contributed by atoms with van der Waals surface area (Å²) < 4.78 is 33.0. The molecular weight excluding hydrogens is 688 g/mol. The van der Waals surface area contributed by atoms with Crippen LogP contribution in [0, 0.1) is 17.8 Å². The number of allylic oxidation sites excluding steroid dienone is 2. The van der Waals surface area contributed by atoms with Crippen LogP contribution in [0.15, 0.2) is 65.3 Å². The van der Waals surface area contributed by atoms with E-state index in [1.807, 2.05) is 24.3 Å². The summed E-state index contributed by atoms with van der Waals surface area (Å²) in [6.07, 6.45) is 12.0. The van der Waals surface area contributed by atoms with Crippen molar-refractivity contribution in [2.75, 3.05) is 19.0 Å². The maximum atomic E-state index is 14.2. The van der Waals surface area contributed by atoms with Gasteiger partial charge in [-0.05, 0) is 91.8 Å². The summed E-state index contributed by atoms with van der Waals surface area (Å²) >= 11 is 0. The predicted octanol–water partition coefficient (Wildman–Crippen LogP) is 5.84. The van der Waals surface area contributed by atoms with Crippen molar-refractivity contribution >= 4 is 17.7 Å². The number of hydrogen-bond donors (Lipinski definition) is 4. The van der Waals surface area contributed by atoms with Crippen LogP contribution in [0.1, 0.15) is 84.3 Å². The van der Waals surface area contributed by atoms with Crippen LogP contribution in [0.4, 0.5) is 10.5 Å². The molecule has 2 aliphatic carbocycles. The van der Waals surface area contributed by atoms with E-state index in [1.165, 1.54) is 5.56 Å². The van der Waals surface area contributed by atoms with Crippen molar-refractivity contribution < 1.29 is 43.5 Å². The number of rotatable bonds is 4. The van der Waals surface area contributed by atoms with Crippen molar-refractivity contribution in [3.05, 3.63) is 76.4 Å². The van der Waals surface area contributed by atoms with E-state index >= 15 is 0 Å². The van der Waals surface area contributed by atoms with Gasteiger partial charge in [-0.3, -0.25) is 4.79 Å². The van der Waals surface area contributed by atoms with E-state index in [4.69, 9.17) is 23.7 Å². The van der Waals surface area contributed by atoms with E-state index in [9.17, 15) is 19.8 Å². The number of anilines is 1. The topological polar surface area (TPSA) is 145 Å². The first kappa shape index (κ1) is 38.9. The SMILES string of the molecule is CC[C@H]1O[C@]2(CC[C@@H]1C)C[C@@H]1C[C@@H](C/C=C(\C)[C@H](O[C@@H]3Cc4ccc(NC(=O)NC)cc4C3)[C@@H](C)/C=C/C=C3\CO[C@H]4[C@H](O)C(C)=C[C@@H](C(=O)O1)[C@]34O)O2. The molecule has 4 aliphatic heterocycles. The van der Waals surface area contributed by atoms with Crippen LogP contribution in [0.3, 0.4) is 0 Å². The average Bonchev–Trinajstić information content (AvgIpc) is 3.71. The molecule has 0 saturated carbocycles. The zero-order valence-corrected chi connectivity index (χ0v) is 32.5. The van der Waals surface area contributed by atoms with E-state index in [0.717, 1.165) is 42.5 Å². The fraction of sp³-hybridized carbons (Fsp3) is 0.628. The first-order valence-electron chi connectivity index (χ1n) is 19.9. The Kier molecular flexibility index (Phi) is 11.3. The molecule has 4 heterocycles. The van der Waals surface area contributed by atoms with Crippen LogP contribution in [0.25, 0.3) is 0 Å². The Bertz CT molecular complexity index is 1720. The number of urea groups is 1. The number of fused-ring (bicyclic) bond motifs is 3. The summed E-state index contributed by atoms with van der Waals surface area (Å²) in [6, 6.07) is 5.75. The second kappa shape index (κ2) is 15.7. The van der Waals surface area contributed by atoms with Gasteiger partial charge in [0.1, 0.15) is 29.8 Å². The smallest absolute Gasteiger partial charge is 0.318 e. The van der Waals surface area contributed by atoms with E-state index in [2.05, 4.69) is 56.5 Å². The standard InChI is InChI=1S/C43H58N2O9/c1-7-36-24(2)15-16-42(54-36)22-34-21-32(53-42)14-11-26(4)38(51-33-19-28-12-13-31(18-29(28)20-33)45-41(48)44-6)25(3)9-8-10-30-23-50-39-37(46)27(5)17-35(40(47)52-34)43(30,39)49/h8-13,17-18,24-25,32-39,46,49H,7,14-16,19-23H2,1-6H3,(H2,44,45,48)/b9-8+,26-11+,30-10+/t24-,25-,32+,33+,34-,35-,36+,37+,38+,39-,42+,43+/m0/s1. The van der Waals surface area contributed by atoms with Gasteiger partial charge in [0.2, 0.25) is 0 Å². The van der Waals surface area contributed by atoms with Crippen LogP contribution in [-0.4, -0.2) is 90.0 Å². The van der Waals surface area contributed by atoms with Gasteiger partial charge in [0, 0.05) is 37.9 Å². The summed E-state index contributed by atoms with van der Waals surface area (Å²) in [5, 5.41) is 29.0. The third kappa shape index (κ3) is 7.60. The molecule has 0 unspecified atom stereocenters. The lowest BCUT2D eigenvalue weighted by Gasteiger charge is -2.50. The van der Waals surface area contributed by atoms with Gasteiger partial charge in [-0.15, -0.1) is 0 Å². The molecule has 0 radical (unpaired) electrons. The van der Waals surface area contributed by atoms with Gasteiger partial charge in [0.05, 0.1) is 31.0 Å². The van der Waals surface area contributed by atoms with Gasteiger partial charge in [0.15, 0.2) is 5.79 Å². The lowest BCUT2D eigenvalue weighted by Crippen LogP contribution is -2.58. The molecular formula is C43H58N2O9. The number of aliphatic hydroxyl groups excluding tert-OH is 1. The second-order valence-electron chi connectivity index (χ2n) is 16.5. The zero-order valence-electron chi connectivity index (χ0n) is 32.5. The summed E-state index contributed by atoms with van der Waals surface area (Å²) in [7, 11) is 1.59. The first-order valence-corrected chi connectivity index (χ1v) is 19.9. The highest BCUT2D eigenvalue weighted by atomic mass is 16.7. The molecule has 3 fully saturated rings. The van der Waals surface area contributed by atoms with Crippen LogP contribution in [0.5, 0.6) is 0 Å². The molecule has 4 N–H and O–H groups in total. The number of esters is 1. The number of hydrogen-bond acceptors (Lipinski definition) is 9. The maximum absolute atomic E-state index is 14.2. The molecule has 11 heteroatoms. The highest BCUT2D eigenvalue weighted by Gasteiger charge is 2.60. The number of benzene rings is 1. The Morgan fingerprint density at radius 2 is 1.89 bits per heavy atom. The van der Waals surface area contributed by atoms with Crippen molar-refractivity contribution in [2.24, 2.45) is 17.8 Å². The molecule has 11 nitrogen and oxygen atoms in total. The summed E-state index contributed by atoms with van der Waals surface area (Å²) in [6.45, 7) is 10.4. The molecule has 0 aromatic heterocycles. The quantitative estimate of drug-likeness (QED) is 0.221. The number of carbonyl (C=O) groups is 2. The van der Waals surface area contributed by atoms with Gasteiger partial charge in [-0.25, -0.2) is 4.79 Å².